The molecule has 134 valence electrons. The number of aryl methyl sites for hydroxylation is 1. The molecule has 0 unspecified atom stereocenters. The van der Waals surface area contributed by atoms with E-state index in [-0.39, 0.29) is 11.9 Å². The average molecular weight is 348 g/mol. The van der Waals surface area contributed by atoms with E-state index in [9.17, 15) is 4.79 Å². The van der Waals surface area contributed by atoms with Crippen LogP contribution in [0, 0.1) is 0 Å². The van der Waals surface area contributed by atoms with Crippen LogP contribution in [0.2, 0.25) is 0 Å². The molecule has 3 aromatic rings. The molecule has 3 rings (SSSR count). The fourth-order valence-electron chi connectivity index (χ4n) is 3.17. The van der Waals surface area contributed by atoms with Gasteiger partial charge in [-0.05, 0) is 42.7 Å². The molecule has 5 heteroatoms. The molecule has 0 bridgehead atoms. The van der Waals surface area contributed by atoms with E-state index in [0.717, 1.165) is 29.7 Å². The zero-order valence-electron chi connectivity index (χ0n) is 15.5. The zero-order valence-corrected chi connectivity index (χ0v) is 15.5. The fourth-order valence-corrected chi connectivity index (χ4v) is 3.17. The van der Waals surface area contributed by atoms with Crippen LogP contribution < -0.4 is 0 Å². The summed E-state index contributed by atoms with van der Waals surface area (Å²) >= 11 is 0. The standard InChI is InChI=1S/C21H24N4O/c1-4-20(18-10-7-11-22-13-18)24(3)21(26)17-9-6-8-16(12-17)19-14-23-25(5-2)15-19/h6-15,20H,4-5H2,1-3H3/t20-/m1/s1. The number of carbonyl (C=O) groups is 1. The number of amides is 1. The zero-order chi connectivity index (χ0) is 18.5. The van der Waals surface area contributed by atoms with Crippen molar-refractivity contribution in [3.05, 3.63) is 72.3 Å². The highest BCUT2D eigenvalue weighted by Crippen LogP contribution is 2.25. The molecule has 0 aliphatic rings. The van der Waals surface area contributed by atoms with Crippen molar-refractivity contribution < 1.29 is 4.79 Å². The summed E-state index contributed by atoms with van der Waals surface area (Å²) in [6.45, 7) is 4.96. The Bertz CT molecular complexity index is 872. The van der Waals surface area contributed by atoms with Crippen molar-refractivity contribution in [2.24, 2.45) is 0 Å². The lowest BCUT2D eigenvalue weighted by Crippen LogP contribution is -2.31. The van der Waals surface area contributed by atoms with Crippen molar-refractivity contribution in [2.45, 2.75) is 32.9 Å². The third-order valence-corrected chi connectivity index (χ3v) is 4.64. The fraction of sp³-hybridized carbons (Fsp3) is 0.286. The van der Waals surface area contributed by atoms with Crippen LogP contribution in [-0.4, -0.2) is 32.6 Å². The Morgan fingerprint density at radius 1 is 1.15 bits per heavy atom. The van der Waals surface area contributed by atoms with Crippen molar-refractivity contribution >= 4 is 5.91 Å². The van der Waals surface area contributed by atoms with E-state index in [2.05, 4.69) is 23.9 Å². The topological polar surface area (TPSA) is 51.0 Å². The lowest BCUT2D eigenvalue weighted by Gasteiger charge is -2.27. The third-order valence-electron chi connectivity index (χ3n) is 4.64. The summed E-state index contributed by atoms with van der Waals surface area (Å²) in [7, 11) is 1.85. The molecular weight excluding hydrogens is 324 g/mol. The Morgan fingerprint density at radius 2 is 2.00 bits per heavy atom. The first-order chi connectivity index (χ1) is 12.6. The maximum atomic E-state index is 13.0. The van der Waals surface area contributed by atoms with Crippen molar-refractivity contribution in [1.29, 1.82) is 0 Å². The Balaban J connectivity index is 1.86. The van der Waals surface area contributed by atoms with Crippen LogP contribution in [0.5, 0.6) is 0 Å². The van der Waals surface area contributed by atoms with Gasteiger partial charge in [0.1, 0.15) is 0 Å². The first-order valence-electron chi connectivity index (χ1n) is 8.94. The molecule has 2 aromatic heterocycles. The third kappa shape index (κ3) is 3.67. The monoisotopic (exact) mass is 348 g/mol. The second-order valence-electron chi connectivity index (χ2n) is 6.29. The van der Waals surface area contributed by atoms with Crippen LogP contribution in [0.4, 0.5) is 0 Å². The van der Waals surface area contributed by atoms with E-state index in [0.29, 0.717) is 5.56 Å². The summed E-state index contributed by atoms with van der Waals surface area (Å²) in [6, 6.07) is 11.6. The Morgan fingerprint density at radius 3 is 2.65 bits per heavy atom. The minimum absolute atomic E-state index is 0.00250. The summed E-state index contributed by atoms with van der Waals surface area (Å²) in [5.74, 6) is 0.00503. The SMILES string of the molecule is CC[C@H](c1cccnc1)N(C)C(=O)c1cccc(-c2cnn(CC)c2)c1. The van der Waals surface area contributed by atoms with Crippen LogP contribution in [0.3, 0.4) is 0 Å². The predicted octanol–water partition coefficient (Wildman–Crippen LogP) is 4.19. The maximum Gasteiger partial charge on any atom is 0.254 e. The molecule has 0 spiro atoms. The van der Waals surface area contributed by atoms with Gasteiger partial charge in [0.2, 0.25) is 0 Å². The molecule has 0 saturated heterocycles. The maximum absolute atomic E-state index is 13.0. The smallest absolute Gasteiger partial charge is 0.254 e. The van der Waals surface area contributed by atoms with Crippen LogP contribution in [0.15, 0.2) is 61.2 Å². The number of aromatic nitrogens is 3. The quantitative estimate of drug-likeness (QED) is 0.671. The highest BCUT2D eigenvalue weighted by molar-refractivity contribution is 5.95. The number of rotatable bonds is 6. The molecule has 0 N–H and O–H groups in total. The molecule has 1 aromatic carbocycles. The van der Waals surface area contributed by atoms with E-state index in [1.165, 1.54) is 0 Å². The van der Waals surface area contributed by atoms with Crippen LogP contribution >= 0.6 is 0 Å². The van der Waals surface area contributed by atoms with Crippen LogP contribution in [-0.2, 0) is 6.54 Å². The van der Waals surface area contributed by atoms with Gasteiger partial charge in [-0.25, -0.2) is 0 Å². The van der Waals surface area contributed by atoms with Gasteiger partial charge in [0.25, 0.3) is 5.91 Å². The van der Waals surface area contributed by atoms with Crippen LogP contribution in [0.1, 0.15) is 42.2 Å². The highest BCUT2D eigenvalue weighted by atomic mass is 16.2. The lowest BCUT2D eigenvalue weighted by atomic mass is 10.0. The van der Waals surface area contributed by atoms with E-state index in [1.807, 2.05) is 66.7 Å². The van der Waals surface area contributed by atoms with Gasteiger partial charge in [-0.15, -0.1) is 0 Å². The first-order valence-corrected chi connectivity index (χ1v) is 8.94. The number of pyridine rings is 1. The van der Waals surface area contributed by atoms with Crippen molar-refractivity contribution in [1.82, 2.24) is 19.7 Å². The van der Waals surface area contributed by atoms with Gasteiger partial charge in [-0.3, -0.25) is 14.5 Å². The van der Waals surface area contributed by atoms with Gasteiger partial charge >= 0.3 is 0 Å². The van der Waals surface area contributed by atoms with Gasteiger partial charge in [-0.2, -0.15) is 5.10 Å². The van der Waals surface area contributed by atoms with Gasteiger partial charge < -0.3 is 4.90 Å². The molecule has 0 aliphatic carbocycles. The van der Waals surface area contributed by atoms with Crippen molar-refractivity contribution in [3.63, 3.8) is 0 Å². The number of nitrogens with zero attached hydrogens (tertiary/aromatic N) is 4. The van der Waals surface area contributed by atoms with Crippen molar-refractivity contribution in [2.75, 3.05) is 7.05 Å². The largest absolute Gasteiger partial charge is 0.335 e. The predicted molar refractivity (Wildman–Crippen MR) is 103 cm³/mol. The summed E-state index contributed by atoms with van der Waals surface area (Å²) in [5.41, 5.74) is 3.74. The molecule has 5 nitrogen and oxygen atoms in total. The highest BCUT2D eigenvalue weighted by Gasteiger charge is 2.21. The molecular formula is C21H24N4O. The number of carbonyl (C=O) groups excluding carboxylic acids is 1. The Kier molecular flexibility index (Phi) is 5.46. The summed E-state index contributed by atoms with van der Waals surface area (Å²) < 4.78 is 1.88. The summed E-state index contributed by atoms with van der Waals surface area (Å²) in [4.78, 5) is 19.0. The molecule has 0 saturated carbocycles. The first kappa shape index (κ1) is 17.9. The normalized spacial score (nSPS) is 12.0. The van der Waals surface area contributed by atoms with E-state index < -0.39 is 0 Å². The van der Waals surface area contributed by atoms with E-state index >= 15 is 0 Å². The lowest BCUT2D eigenvalue weighted by molar-refractivity contribution is 0.0726. The minimum Gasteiger partial charge on any atom is -0.335 e. The molecule has 1 amide bonds. The van der Waals surface area contributed by atoms with Gasteiger partial charge in [-0.1, -0.05) is 25.1 Å². The van der Waals surface area contributed by atoms with E-state index in [4.69, 9.17) is 0 Å². The summed E-state index contributed by atoms with van der Waals surface area (Å²) in [6.07, 6.45) is 8.24. The number of hydrogen-bond acceptors (Lipinski definition) is 3. The average Bonchev–Trinajstić information content (AvgIpc) is 3.18. The van der Waals surface area contributed by atoms with Gasteiger partial charge in [0, 0.05) is 43.3 Å². The molecule has 26 heavy (non-hydrogen) atoms. The molecule has 1 atom stereocenters. The Hall–Kier alpha value is -2.95. The summed E-state index contributed by atoms with van der Waals surface area (Å²) in [5, 5.41) is 4.32. The van der Waals surface area contributed by atoms with Crippen molar-refractivity contribution in [3.8, 4) is 11.1 Å². The number of benzene rings is 1. The van der Waals surface area contributed by atoms with Gasteiger partial charge in [0.15, 0.2) is 0 Å². The number of hydrogen-bond donors (Lipinski definition) is 0. The molecule has 0 fully saturated rings. The minimum atomic E-state index is 0.00250. The second-order valence-corrected chi connectivity index (χ2v) is 6.29. The second kappa shape index (κ2) is 7.95. The molecule has 0 radical (unpaired) electrons. The Labute approximate surface area is 154 Å². The molecule has 2 heterocycles. The van der Waals surface area contributed by atoms with Gasteiger partial charge in [0.05, 0.1) is 12.2 Å². The molecule has 0 aliphatic heterocycles. The van der Waals surface area contributed by atoms with Crippen LogP contribution in [0.25, 0.3) is 11.1 Å². The van der Waals surface area contributed by atoms with E-state index in [1.54, 1.807) is 11.1 Å².